The summed E-state index contributed by atoms with van der Waals surface area (Å²) in [5, 5.41) is 13.9. The highest BCUT2D eigenvalue weighted by Crippen LogP contribution is 2.21. The number of rotatable bonds is 6. The molecule has 0 aliphatic heterocycles. The van der Waals surface area contributed by atoms with Crippen LogP contribution in [0.3, 0.4) is 0 Å². The summed E-state index contributed by atoms with van der Waals surface area (Å²) in [6.07, 6.45) is 0.541. The molecular weight excluding hydrogens is 263 g/mol. The fraction of sp³-hybridized carbons (Fsp3) is 0.500. The molecular formula is C14H21FN2O3. The van der Waals surface area contributed by atoms with E-state index in [9.17, 15) is 9.18 Å². The number of carbonyl (C=O) groups is 1. The van der Waals surface area contributed by atoms with E-state index in [0.29, 0.717) is 12.2 Å². The van der Waals surface area contributed by atoms with Crippen molar-refractivity contribution >= 4 is 11.7 Å². The van der Waals surface area contributed by atoms with Gasteiger partial charge in [-0.1, -0.05) is 6.92 Å². The van der Waals surface area contributed by atoms with Crippen molar-refractivity contribution in [2.45, 2.75) is 39.3 Å². The first-order valence-electron chi connectivity index (χ1n) is 6.60. The number of amides is 2. The van der Waals surface area contributed by atoms with Gasteiger partial charge in [-0.05, 0) is 32.4 Å². The van der Waals surface area contributed by atoms with Crippen LogP contribution in [-0.2, 0) is 0 Å². The number of urea groups is 1. The van der Waals surface area contributed by atoms with Crippen molar-refractivity contribution in [3.63, 3.8) is 0 Å². The Bertz CT molecular complexity index is 448. The number of hydrogen-bond donors (Lipinski definition) is 3. The first kappa shape index (κ1) is 16.2. The molecule has 0 spiro atoms. The molecule has 6 heteroatoms. The highest BCUT2D eigenvalue weighted by atomic mass is 19.1. The van der Waals surface area contributed by atoms with Gasteiger partial charge in [-0.25, -0.2) is 9.18 Å². The molecule has 0 heterocycles. The SMILES string of the molecule is CCC(CO)NC(=O)Nc1ccc(OC(C)C)cc1F. The zero-order chi connectivity index (χ0) is 15.1. The molecule has 1 aromatic rings. The Morgan fingerprint density at radius 1 is 1.45 bits per heavy atom. The summed E-state index contributed by atoms with van der Waals surface area (Å²) >= 11 is 0. The average Bonchev–Trinajstić information content (AvgIpc) is 2.38. The van der Waals surface area contributed by atoms with Gasteiger partial charge in [-0.15, -0.1) is 0 Å². The van der Waals surface area contributed by atoms with Crippen molar-refractivity contribution < 1.29 is 19.0 Å². The molecule has 0 bridgehead atoms. The maximum atomic E-state index is 13.8. The van der Waals surface area contributed by atoms with Gasteiger partial charge in [0.1, 0.15) is 11.6 Å². The second kappa shape index (κ2) is 7.69. The van der Waals surface area contributed by atoms with Crippen LogP contribution in [0.4, 0.5) is 14.9 Å². The lowest BCUT2D eigenvalue weighted by molar-refractivity contribution is 0.222. The van der Waals surface area contributed by atoms with Gasteiger partial charge in [0.05, 0.1) is 24.4 Å². The van der Waals surface area contributed by atoms with Crippen LogP contribution in [-0.4, -0.2) is 29.9 Å². The molecule has 0 aliphatic rings. The molecule has 1 atom stereocenters. The van der Waals surface area contributed by atoms with Crippen molar-refractivity contribution in [2.24, 2.45) is 0 Å². The number of aliphatic hydroxyl groups excluding tert-OH is 1. The third-order valence-corrected chi connectivity index (χ3v) is 2.61. The molecule has 3 N–H and O–H groups in total. The average molecular weight is 284 g/mol. The van der Waals surface area contributed by atoms with E-state index >= 15 is 0 Å². The number of ether oxygens (including phenoxy) is 1. The predicted octanol–water partition coefficient (Wildman–Crippen LogP) is 2.51. The second-order valence-electron chi connectivity index (χ2n) is 4.69. The molecule has 0 fully saturated rings. The minimum Gasteiger partial charge on any atom is -0.491 e. The highest BCUT2D eigenvalue weighted by molar-refractivity contribution is 5.89. The van der Waals surface area contributed by atoms with Gasteiger partial charge >= 0.3 is 6.03 Å². The lowest BCUT2D eigenvalue weighted by Crippen LogP contribution is -2.39. The van der Waals surface area contributed by atoms with Gasteiger partial charge in [0.25, 0.3) is 0 Å². The van der Waals surface area contributed by atoms with Crippen molar-refractivity contribution in [1.29, 1.82) is 0 Å². The number of halogens is 1. The Morgan fingerprint density at radius 3 is 2.65 bits per heavy atom. The Hall–Kier alpha value is -1.82. The quantitative estimate of drug-likeness (QED) is 0.751. The summed E-state index contributed by atoms with van der Waals surface area (Å²) in [5.74, 6) is -0.166. The normalized spacial score (nSPS) is 12.1. The Labute approximate surface area is 118 Å². The maximum Gasteiger partial charge on any atom is 0.319 e. The molecule has 0 aromatic heterocycles. The highest BCUT2D eigenvalue weighted by Gasteiger charge is 2.12. The van der Waals surface area contributed by atoms with E-state index in [1.54, 1.807) is 6.07 Å². The summed E-state index contributed by atoms with van der Waals surface area (Å²) in [6, 6.07) is 3.34. The summed E-state index contributed by atoms with van der Waals surface area (Å²) in [7, 11) is 0. The van der Waals surface area contributed by atoms with Crippen LogP contribution in [0, 0.1) is 5.82 Å². The third-order valence-electron chi connectivity index (χ3n) is 2.61. The number of nitrogens with one attached hydrogen (secondary N) is 2. The lowest BCUT2D eigenvalue weighted by Gasteiger charge is -2.15. The van der Waals surface area contributed by atoms with Crippen LogP contribution in [0.2, 0.25) is 0 Å². The van der Waals surface area contributed by atoms with Crippen molar-refractivity contribution in [1.82, 2.24) is 5.32 Å². The second-order valence-corrected chi connectivity index (χ2v) is 4.69. The summed E-state index contributed by atoms with van der Waals surface area (Å²) in [4.78, 5) is 11.6. The van der Waals surface area contributed by atoms with Gasteiger partial charge in [0, 0.05) is 6.07 Å². The van der Waals surface area contributed by atoms with E-state index < -0.39 is 11.8 Å². The maximum absolute atomic E-state index is 13.8. The van der Waals surface area contributed by atoms with Crippen molar-refractivity contribution in [3.8, 4) is 5.75 Å². The molecule has 0 saturated carbocycles. The van der Waals surface area contributed by atoms with E-state index in [1.807, 2.05) is 20.8 Å². The van der Waals surface area contributed by atoms with Gasteiger partial charge in [-0.2, -0.15) is 0 Å². The fourth-order valence-corrected chi connectivity index (χ4v) is 1.56. The zero-order valence-electron chi connectivity index (χ0n) is 11.9. The number of anilines is 1. The Morgan fingerprint density at radius 2 is 2.15 bits per heavy atom. The monoisotopic (exact) mass is 284 g/mol. The Balaban J connectivity index is 2.66. The fourth-order valence-electron chi connectivity index (χ4n) is 1.56. The first-order chi connectivity index (χ1) is 9.46. The standard InChI is InChI=1S/C14H21FN2O3/c1-4-10(8-18)16-14(19)17-13-6-5-11(7-12(13)15)20-9(2)3/h5-7,9-10,18H,4,8H2,1-3H3,(H2,16,17,19). The topological polar surface area (TPSA) is 70.6 Å². The van der Waals surface area contributed by atoms with E-state index in [0.717, 1.165) is 0 Å². The first-order valence-corrected chi connectivity index (χ1v) is 6.60. The van der Waals surface area contributed by atoms with Crippen molar-refractivity contribution in [3.05, 3.63) is 24.0 Å². The largest absolute Gasteiger partial charge is 0.491 e. The molecule has 0 radical (unpaired) electrons. The Kier molecular flexibility index (Phi) is 6.24. The molecule has 5 nitrogen and oxygen atoms in total. The minimum atomic E-state index is -0.574. The molecule has 0 saturated heterocycles. The molecule has 1 unspecified atom stereocenters. The smallest absolute Gasteiger partial charge is 0.319 e. The van der Waals surface area contributed by atoms with E-state index in [4.69, 9.17) is 9.84 Å². The molecule has 20 heavy (non-hydrogen) atoms. The third kappa shape index (κ3) is 5.05. The van der Waals surface area contributed by atoms with E-state index in [2.05, 4.69) is 10.6 Å². The van der Waals surface area contributed by atoms with Crippen LogP contribution >= 0.6 is 0 Å². The number of hydrogen-bond acceptors (Lipinski definition) is 3. The molecule has 112 valence electrons. The van der Waals surface area contributed by atoms with Gasteiger partial charge in [-0.3, -0.25) is 0 Å². The zero-order valence-corrected chi connectivity index (χ0v) is 11.9. The molecule has 1 rings (SSSR count). The van der Waals surface area contributed by atoms with Crippen LogP contribution < -0.4 is 15.4 Å². The van der Waals surface area contributed by atoms with Crippen LogP contribution in [0.1, 0.15) is 27.2 Å². The van der Waals surface area contributed by atoms with E-state index in [1.165, 1.54) is 12.1 Å². The lowest BCUT2D eigenvalue weighted by atomic mass is 10.2. The van der Waals surface area contributed by atoms with Gasteiger partial charge in [0.2, 0.25) is 0 Å². The minimum absolute atomic E-state index is 0.0497. The molecule has 1 aromatic carbocycles. The van der Waals surface area contributed by atoms with Crippen LogP contribution in [0.25, 0.3) is 0 Å². The molecule has 0 aliphatic carbocycles. The number of aliphatic hydroxyl groups is 1. The van der Waals surface area contributed by atoms with Gasteiger partial charge in [0.15, 0.2) is 0 Å². The summed E-state index contributed by atoms with van der Waals surface area (Å²) in [6.45, 7) is 5.36. The van der Waals surface area contributed by atoms with Crippen molar-refractivity contribution in [2.75, 3.05) is 11.9 Å². The number of benzene rings is 1. The van der Waals surface area contributed by atoms with E-state index in [-0.39, 0.29) is 24.4 Å². The predicted molar refractivity (Wildman–Crippen MR) is 75.5 cm³/mol. The number of carbonyl (C=O) groups excluding carboxylic acids is 1. The summed E-state index contributed by atoms with van der Waals surface area (Å²) in [5.41, 5.74) is 0.0615. The van der Waals surface area contributed by atoms with Crippen LogP contribution in [0.15, 0.2) is 18.2 Å². The summed E-state index contributed by atoms with van der Waals surface area (Å²) < 4.78 is 19.1. The molecule has 2 amide bonds. The van der Waals surface area contributed by atoms with Gasteiger partial charge < -0.3 is 20.5 Å². The van der Waals surface area contributed by atoms with Crippen LogP contribution in [0.5, 0.6) is 5.75 Å².